The second-order valence-electron chi connectivity index (χ2n) is 4.08. The van der Waals surface area contributed by atoms with Crippen molar-refractivity contribution in [2.75, 3.05) is 6.54 Å². The third-order valence-electron chi connectivity index (χ3n) is 2.62. The fourth-order valence-corrected chi connectivity index (χ4v) is 1.68. The van der Waals surface area contributed by atoms with Crippen LogP contribution in [-0.4, -0.2) is 17.4 Å². The fourth-order valence-electron chi connectivity index (χ4n) is 1.68. The molecule has 0 atom stereocenters. The van der Waals surface area contributed by atoms with Crippen molar-refractivity contribution in [2.45, 2.75) is 19.8 Å². The van der Waals surface area contributed by atoms with E-state index in [-0.39, 0.29) is 11.7 Å². The number of nitrogens with zero attached hydrogens (tertiary/aromatic N) is 1. The quantitative estimate of drug-likeness (QED) is 0.901. The highest BCUT2D eigenvalue weighted by atomic mass is 19.1. The number of carbonyl (C=O) groups excluding carboxylic acids is 1. The van der Waals surface area contributed by atoms with Crippen molar-refractivity contribution >= 4 is 5.91 Å². The number of carbonyl (C=O) groups is 1. The van der Waals surface area contributed by atoms with Crippen molar-refractivity contribution in [1.29, 1.82) is 0 Å². The van der Waals surface area contributed by atoms with Gasteiger partial charge in [0, 0.05) is 24.9 Å². The van der Waals surface area contributed by atoms with E-state index in [0.717, 1.165) is 5.56 Å². The van der Waals surface area contributed by atoms with Gasteiger partial charge < -0.3 is 9.73 Å². The normalized spacial score (nSPS) is 10.4. The summed E-state index contributed by atoms with van der Waals surface area (Å²) in [6.45, 7) is 2.49. The SMILES string of the molecule is CCNC(=O)CCc1ncc(-c2ccc(F)cc2)o1. The molecule has 0 radical (unpaired) electrons. The zero-order valence-electron chi connectivity index (χ0n) is 10.6. The predicted octanol–water partition coefficient (Wildman–Crippen LogP) is 2.55. The van der Waals surface area contributed by atoms with Crippen LogP contribution in [0.25, 0.3) is 11.3 Å². The molecular weight excluding hydrogens is 247 g/mol. The summed E-state index contributed by atoms with van der Waals surface area (Å²) in [6.07, 6.45) is 2.38. The van der Waals surface area contributed by atoms with Crippen LogP contribution in [0.4, 0.5) is 4.39 Å². The summed E-state index contributed by atoms with van der Waals surface area (Å²) in [5, 5.41) is 2.71. The Balaban J connectivity index is 1.99. The topological polar surface area (TPSA) is 55.1 Å². The molecule has 0 aliphatic rings. The van der Waals surface area contributed by atoms with Gasteiger partial charge in [-0.25, -0.2) is 9.37 Å². The Bertz CT molecular complexity index is 549. The number of aromatic nitrogens is 1. The third-order valence-corrected chi connectivity index (χ3v) is 2.62. The summed E-state index contributed by atoms with van der Waals surface area (Å²) in [5.41, 5.74) is 0.762. The summed E-state index contributed by atoms with van der Waals surface area (Å²) in [7, 11) is 0. The number of rotatable bonds is 5. The summed E-state index contributed by atoms with van der Waals surface area (Å²) >= 11 is 0. The molecule has 1 amide bonds. The second kappa shape index (κ2) is 6.13. The van der Waals surface area contributed by atoms with E-state index < -0.39 is 0 Å². The van der Waals surface area contributed by atoms with Crippen LogP contribution in [0.3, 0.4) is 0 Å². The molecule has 0 aliphatic heterocycles. The average Bonchev–Trinajstić information content (AvgIpc) is 2.86. The highest BCUT2D eigenvalue weighted by molar-refractivity contribution is 5.75. The molecule has 19 heavy (non-hydrogen) atoms. The third kappa shape index (κ3) is 3.64. The van der Waals surface area contributed by atoms with Gasteiger partial charge in [0.25, 0.3) is 0 Å². The van der Waals surface area contributed by atoms with Gasteiger partial charge in [0.1, 0.15) is 5.82 Å². The maximum absolute atomic E-state index is 12.8. The zero-order valence-corrected chi connectivity index (χ0v) is 10.6. The molecule has 0 saturated carbocycles. The van der Waals surface area contributed by atoms with Crippen LogP contribution in [-0.2, 0) is 11.2 Å². The minimum atomic E-state index is -0.292. The molecule has 0 fully saturated rings. The van der Waals surface area contributed by atoms with E-state index in [2.05, 4.69) is 10.3 Å². The number of amides is 1. The highest BCUT2D eigenvalue weighted by Gasteiger charge is 2.08. The minimum absolute atomic E-state index is 0.0240. The summed E-state index contributed by atoms with van der Waals surface area (Å²) in [4.78, 5) is 15.4. The lowest BCUT2D eigenvalue weighted by Crippen LogP contribution is -2.22. The number of hydrogen-bond acceptors (Lipinski definition) is 3. The molecule has 0 saturated heterocycles. The lowest BCUT2D eigenvalue weighted by atomic mass is 10.2. The van der Waals surface area contributed by atoms with Gasteiger partial charge in [-0.05, 0) is 31.2 Å². The van der Waals surface area contributed by atoms with Crippen molar-refractivity contribution in [3.8, 4) is 11.3 Å². The lowest BCUT2D eigenvalue weighted by molar-refractivity contribution is -0.121. The van der Waals surface area contributed by atoms with Gasteiger partial charge in [-0.2, -0.15) is 0 Å². The molecule has 0 unspecified atom stereocenters. The molecule has 0 spiro atoms. The second-order valence-corrected chi connectivity index (χ2v) is 4.08. The number of hydrogen-bond donors (Lipinski definition) is 1. The first-order chi connectivity index (χ1) is 9.19. The standard InChI is InChI=1S/C14H15FN2O2/c1-2-16-13(18)7-8-14-17-9-12(19-14)10-3-5-11(15)6-4-10/h3-6,9H,2,7-8H2,1H3,(H,16,18). The molecule has 1 aromatic heterocycles. The Morgan fingerprint density at radius 1 is 1.37 bits per heavy atom. The molecule has 0 bridgehead atoms. The molecule has 4 nitrogen and oxygen atoms in total. The molecule has 100 valence electrons. The molecule has 0 aliphatic carbocycles. The minimum Gasteiger partial charge on any atom is -0.441 e. The molecule has 5 heteroatoms. The molecule has 2 rings (SSSR count). The van der Waals surface area contributed by atoms with E-state index in [1.807, 2.05) is 6.92 Å². The van der Waals surface area contributed by atoms with Gasteiger partial charge in [0.15, 0.2) is 11.7 Å². The maximum Gasteiger partial charge on any atom is 0.220 e. The fraction of sp³-hybridized carbons (Fsp3) is 0.286. The van der Waals surface area contributed by atoms with Crippen molar-refractivity contribution in [3.63, 3.8) is 0 Å². The largest absolute Gasteiger partial charge is 0.441 e. The van der Waals surface area contributed by atoms with Gasteiger partial charge in [-0.1, -0.05) is 0 Å². The van der Waals surface area contributed by atoms with Crippen molar-refractivity contribution in [3.05, 3.63) is 42.2 Å². The van der Waals surface area contributed by atoms with Crippen LogP contribution in [0.5, 0.6) is 0 Å². The molecule has 1 heterocycles. The van der Waals surface area contributed by atoms with Gasteiger partial charge in [-0.3, -0.25) is 4.79 Å². The Kier molecular flexibility index (Phi) is 4.28. The highest BCUT2D eigenvalue weighted by Crippen LogP contribution is 2.21. The molecule has 1 N–H and O–H groups in total. The first-order valence-electron chi connectivity index (χ1n) is 6.16. The molecule has 2 aromatic rings. The van der Waals surface area contributed by atoms with E-state index in [1.54, 1.807) is 18.3 Å². The summed E-state index contributed by atoms with van der Waals surface area (Å²) in [5.74, 6) is 0.764. The smallest absolute Gasteiger partial charge is 0.220 e. The number of halogens is 1. The lowest BCUT2D eigenvalue weighted by Gasteiger charge is -1.99. The van der Waals surface area contributed by atoms with Gasteiger partial charge >= 0.3 is 0 Å². The predicted molar refractivity (Wildman–Crippen MR) is 68.9 cm³/mol. The number of oxazole rings is 1. The van der Waals surface area contributed by atoms with Crippen LogP contribution >= 0.6 is 0 Å². The molecular formula is C14H15FN2O2. The van der Waals surface area contributed by atoms with Gasteiger partial charge in [-0.15, -0.1) is 0 Å². The Morgan fingerprint density at radius 3 is 2.79 bits per heavy atom. The van der Waals surface area contributed by atoms with E-state index in [9.17, 15) is 9.18 Å². The van der Waals surface area contributed by atoms with E-state index >= 15 is 0 Å². The number of benzene rings is 1. The average molecular weight is 262 g/mol. The van der Waals surface area contributed by atoms with Crippen LogP contribution in [0.1, 0.15) is 19.2 Å². The van der Waals surface area contributed by atoms with E-state index in [4.69, 9.17) is 4.42 Å². The van der Waals surface area contributed by atoms with Crippen LogP contribution in [0, 0.1) is 5.82 Å². The first-order valence-corrected chi connectivity index (χ1v) is 6.16. The van der Waals surface area contributed by atoms with Crippen molar-refractivity contribution in [1.82, 2.24) is 10.3 Å². The summed E-state index contributed by atoms with van der Waals surface area (Å²) < 4.78 is 18.3. The van der Waals surface area contributed by atoms with Gasteiger partial charge in [0.2, 0.25) is 5.91 Å². The zero-order chi connectivity index (χ0) is 13.7. The van der Waals surface area contributed by atoms with Crippen molar-refractivity contribution < 1.29 is 13.6 Å². The van der Waals surface area contributed by atoms with Crippen LogP contribution in [0.15, 0.2) is 34.9 Å². The van der Waals surface area contributed by atoms with Gasteiger partial charge in [0.05, 0.1) is 6.20 Å². The monoisotopic (exact) mass is 262 g/mol. The van der Waals surface area contributed by atoms with Crippen LogP contribution in [0.2, 0.25) is 0 Å². The van der Waals surface area contributed by atoms with Crippen LogP contribution < -0.4 is 5.32 Å². The Labute approximate surface area is 110 Å². The number of aryl methyl sites for hydroxylation is 1. The maximum atomic E-state index is 12.8. The van der Waals surface area contributed by atoms with E-state index in [0.29, 0.717) is 31.0 Å². The van der Waals surface area contributed by atoms with Crippen molar-refractivity contribution in [2.24, 2.45) is 0 Å². The number of nitrogens with one attached hydrogen (secondary N) is 1. The Morgan fingerprint density at radius 2 is 2.11 bits per heavy atom. The van der Waals surface area contributed by atoms with E-state index in [1.165, 1.54) is 12.1 Å². The Hall–Kier alpha value is -2.17. The molecule has 1 aromatic carbocycles. The first kappa shape index (κ1) is 13.3. The summed E-state index contributed by atoms with van der Waals surface area (Å²) in [6, 6.07) is 5.99.